The van der Waals surface area contributed by atoms with Gasteiger partial charge < -0.3 is 0 Å². The summed E-state index contributed by atoms with van der Waals surface area (Å²) in [5, 5.41) is 0. The molecule has 0 bridgehead atoms. The zero-order valence-electron chi connectivity index (χ0n) is 6.59. The van der Waals surface area contributed by atoms with Crippen molar-refractivity contribution in [1.82, 2.24) is 0 Å². The van der Waals surface area contributed by atoms with Gasteiger partial charge in [-0.1, -0.05) is 35.9 Å². The largest absolute Gasteiger partial charge is 0.0683 e. The third kappa shape index (κ3) is 1.71. The van der Waals surface area contributed by atoms with E-state index in [1.165, 1.54) is 16.7 Å². The van der Waals surface area contributed by atoms with Gasteiger partial charge in [0.1, 0.15) is 0 Å². The van der Waals surface area contributed by atoms with Crippen molar-refractivity contribution in [1.29, 1.82) is 0 Å². The molecule has 0 saturated carbocycles. The molecule has 0 spiro atoms. The summed E-state index contributed by atoms with van der Waals surface area (Å²) >= 11 is 0. The van der Waals surface area contributed by atoms with Gasteiger partial charge in [0.15, 0.2) is 0 Å². The first kappa shape index (κ1) is 8.94. The fraction of sp³-hybridized carbons (Fsp3) is 0.200. The zero-order chi connectivity index (χ0) is 6.97. The third-order valence-electron chi connectivity index (χ3n) is 1.93. The molecule has 0 aromatic heterocycles. The molecule has 0 aliphatic heterocycles. The Hall–Kier alpha value is -0.157. The summed E-state index contributed by atoms with van der Waals surface area (Å²) in [5.74, 6) is 0. The smallest absolute Gasteiger partial charge is 0 e. The van der Waals surface area contributed by atoms with Crippen LogP contribution < -0.4 is 0 Å². The monoisotopic (exact) mass is 220 g/mol. The average molecular weight is 221 g/mol. The van der Waals surface area contributed by atoms with Crippen LogP contribution in [0.4, 0.5) is 0 Å². The molecule has 54 valence electrons. The second kappa shape index (κ2) is 3.49. The van der Waals surface area contributed by atoms with Gasteiger partial charge in [-0.3, -0.25) is 0 Å². The van der Waals surface area contributed by atoms with Crippen LogP contribution >= 0.6 is 0 Å². The first-order valence-corrected chi connectivity index (χ1v) is 3.61. The first-order valence-electron chi connectivity index (χ1n) is 3.61. The zero-order valence-corrected chi connectivity index (χ0v) is 9.05. The molecule has 1 aliphatic rings. The molecule has 2 rings (SSSR count). The van der Waals surface area contributed by atoms with Crippen molar-refractivity contribution in [3.8, 4) is 0 Å². The fourth-order valence-electron chi connectivity index (χ4n) is 1.45. The molecule has 0 radical (unpaired) electrons. The first-order chi connectivity index (χ1) is 4.86. The molecular weight excluding hydrogens is 211 g/mol. The Morgan fingerprint density at radius 3 is 2.64 bits per heavy atom. The Kier molecular flexibility index (Phi) is 2.84. The van der Waals surface area contributed by atoms with E-state index in [9.17, 15) is 0 Å². The number of benzene rings is 1. The van der Waals surface area contributed by atoms with Crippen LogP contribution in [0.15, 0.2) is 29.8 Å². The predicted molar refractivity (Wildman–Crippen MR) is 43.8 cm³/mol. The minimum absolute atomic E-state index is 0. The van der Waals surface area contributed by atoms with E-state index in [4.69, 9.17) is 0 Å². The molecule has 0 nitrogen and oxygen atoms in total. The normalized spacial score (nSPS) is 13.4. The maximum Gasteiger partial charge on any atom is 0 e. The number of hydrogen-bond acceptors (Lipinski definition) is 0. The number of rotatable bonds is 0. The second-order valence-corrected chi connectivity index (χ2v) is 2.87. The van der Waals surface area contributed by atoms with Crippen molar-refractivity contribution in [2.45, 2.75) is 13.3 Å². The standard InChI is InChI=1S/C10H10.Zr/c1-8-6-9-4-2-3-5-10(9)7-8;/h2-6H,7H2,1H3;. The molecule has 0 unspecified atom stereocenters. The summed E-state index contributed by atoms with van der Waals surface area (Å²) < 4.78 is 0. The van der Waals surface area contributed by atoms with Gasteiger partial charge in [-0.15, -0.1) is 0 Å². The molecule has 0 fully saturated rings. The minimum Gasteiger partial charge on any atom is -0.0683 e. The van der Waals surface area contributed by atoms with Crippen LogP contribution in [-0.2, 0) is 32.6 Å². The topological polar surface area (TPSA) is 0 Å². The van der Waals surface area contributed by atoms with Gasteiger partial charge in [0, 0.05) is 26.2 Å². The summed E-state index contributed by atoms with van der Waals surface area (Å²) in [6.07, 6.45) is 3.41. The SMILES string of the molecule is CC1=Cc2ccccc2C1.[Zr]. The average Bonchev–Trinajstić information content (AvgIpc) is 2.27. The molecule has 0 atom stereocenters. The van der Waals surface area contributed by atoms with Gasteiger partial charge in [-0.05, 0) is 24.5 Å². The van der Waals surface area contributed by atoms with E-state index in [-0.39, 0.29) is 26.2 Å². The van der Waals surface area contributed by atoms with E-state index in [1.807, 2.05) is 0 Å². The van der Waals surface area contributed by atoms with Crippen LogP contribution in [0.5, 0.6) is 0 Å². The van der Waals surface area contributed by atoms with E-state index in [2.05, 4.69) is 37.3 Å². The molecule has 0 heterocycles. The van der Waals surface area contributed by atoms with Crippen LogP contribution in [0.25, 0.3) is 6.08 Å². The van der Waals surface area contributed by atoms with Crippen LogP contribution in [0, 0.1) is 0 Å². The summed E-state index contributed by atoms with van der Waals surface area (Å²) in [7, 11) is 0. The fourth-order valence-corrected chi connectivity index (χ4v) is 1.45. The quantitative estimate of drug-likeness (QED) is 0.632. The van der Waals surface area contributed by atoms with Crippen molar-refractivity contribution < 1.29 is 26.2 Å². The van der Waals surface area contributed by atoms with Gasteiger partial charge in [0.25, 0.3) is 0 Å². The number of allylic oxidation sites excluding steroid dienone is 1. The van der Waals surface area contributed by atoms with Crippen molar-refractivity contribution in [2.24, 2.45) is 0 Å². The molecule has 1 aromatic rings. The Labute approximate surface area is 86.4 Å². The molecule has 0 N–H and O–H groups in total. The Morgan fingerprint density at radius 1 is 1.18 bits per heavy atom. The van der Waals surface area contributed by atoms with Gasteiger partial charge >= 0.3 is 0 Å². The summed E-state index contributed by atoms with van der Waals surface area (Å²) in [5.41, 5.74) is 4.35. The van der Waals surface area contributed by atoms with Gasteiger partial charge in [0.05, 0.1) is 0 Å². The number of fused-ring (bicyclic) bond motifs is 1. The molecule has 11 heavy (non-hydrogen) atoms. The van der Waals surface area contributed by atoms with Crippen LogP contribution in [0.3, 0.4) is 0 Å². The molecule has 1 aromatic carbocycles. The number of hydrogen-bond donors (Lipinski definition) is 0. The summed E-state index contributed by atoms with van der Waals surface area (Å²) in [6.45, 7) is 2.18. The van der Waals surface area contributed by atoms with E-state index < -0.39 is 0 Å². The maximum absolute atomic E-state index is 2.26. The van der Waals surface area contributed by atoms with Gasteiger partial charge in [-0.2, -0.15) is 0 Å². The predicted octanol–water partition coefficient (Wildman–Crippen LogP) is 2.64. The van der Waals surface area contributed by atoms with Gasteiger partial charge in [0.2, 0.25) is 0 Å². The summed E-state index contributed by atoms with van der Waals surface area (Å²) in [6, 6.07) is 8.56. The maximum atomic E-state index is 2.26. The third-order valence-corrected chi connectivity index (χ3v) is 1.93. The summed E-state index contributed by atoms with van der Waals surface area (Å²) in [4.78, 5) is 0. The van der Waals surface area contributed by atoms with Gasteiger partial charge in [-0.25, -0.2) is 0 Å². The minimum atomic E-state index is 0. The van der Waals surface area contributed by atoms with Crippen LogP contribution in [-0.4, -0.2) is 0 Å². The van der Waals surface area contributed by atoms with E-state index in [0.717, 1.165) is 6.42 Å². The van der Waals surface area contributed by atoms with Crippen molar-refractivity contribution in [3.63, 3.8) is 0 Å². The van der Waals surface area contributed by atoms with E-state index >= 15 is 0 Å². The molecule has 1 heteroatoms. The Morgan fingerprint density at radius 2 is 1.91 bits per heavy atom. The van der Waals surface area contributed by atoms with Crippen LogP contribution in [0.1, 0.15) is 18.1 Å². The molecular formula is C10H10Zr. The molecule has 0 saturated heterocycles. The Bertz CT molecular complexity index is 287. The molecule has 0 amide bonds. The van der Waals surface area contributed by atoms with Crippen molar-refractivity contribution >= 4 is 6.08 Å². The van der Waals surface area contributed by atoms with Crippen molar-refractivity contribution in [2.75, 3.05) is 0 Å². The van der Waals surface area contributed by atoms with Crippen molar-refractivity contribution in [3.05, 3.63) is 41.0 Å². The molecule has 1 aliphatic carbocycles. The Balaban J connectivity index is 0.000000605. The van der Waals surface area contributed by atoms with E-state index in [0.29, 0.717) is 0 Å². The second-order valence-electron chi connectivity index (χ2n) is 2.87. The van der Waals surface area contributed by atoms with Crippen LogP contribution in [0.2, 0.25) is 0 Å². The van der Waals surface area contributed by atoms with E-state index in [1.54, 1.807) is 0 Å².